The predicted octanol–water partition coefficient (Wildman–Crippen LogP) is 4.08. The molecule has 0 fully saturated rings. The third kappa shape index (κ3) is 3.00. The SMILES string of the molecule is Cc1ccccc1CSc1nnc(-c2ccccc2)n1C. The summed E-state index contributed by atoms with van der Waals surface area (Å²) in [6, 6.07) is 18.6. The first-order valence-corrected chi connectivity index (χ1v) is 7.86. The van der Waals surface area contributed by atoms with E-state index in [4.69, 9.17) is 0 Å². The van der Waals surface area contributed by atoms with E-state index in [-0.39, 0.29) is 0 Å². The number of hydrogen-bond acceptors (Lipinski definition) is 3. The number of hydrogen-bond donors (Lipinski definition) is 0. The van der Waals surface area contributed by atoms with E-state index >= 15 is 0 Å². The topological polar surface area (TPSA) is 30.7 Å². The van der Waals surface area contributed by atoms with Crippen molar-refractivity contribution in [1.29, 1.82) is 0 Å². The van der Waals surface area contributed by atoms with Crippen LogP contribution in [0, 0.1) is 6.92 Å². The molecule has 0 N–H and O–H groups in total. The van der Waals surface area contributed by atoms with Crippen LogP contribution in [0.1, 0.15) is 11.1 Å². The maximum Gasteiger partial charge on any atom is 0.191 e. The smallest absolute Gasteiger partial charge is 0.191 e. The number of rotatable bonds is 4. The van der Waals surface area contributed by atoms with Crippen LogP contribution in [0.3, 0.4) is 0 Å². The molecule has 0 bridgehead atoms. The Hall–Kier alpha value is -2.07. The lowest BCUT2D eigenvalue weighted by atomic mass is 10.1. The molecule has 2 aromatic carbocycles. The van der Waals surface area contributed by atoms with Gasteiger partial charge in [-0.3, -0.25) is 0 Å². The van der Waals surface area contributed by atoms with Crippen molar-refractivity contribution in [2.75, 3.05) is 0 Å². The Bertz CT molecular complexity index is 735. The van der Waals surface area contributed by atoms with Crippen molar-refractivity contribution in [1.82, 2.24) is 14.8 Å². The number of nitrogens with zero attached hydrogens (tertiary/aromatic N) is 3. The maximum absolute atomic E-state index is 4.31. The Morgan fingerprint density at radius 3 is 2.43 bits per heavy atom. The van der Waals surface area contributed by atoms with Gasteiger partial charge in [-0.25, -0.2) is 0 Å². The molecule has 4 heteroatoms. The minimum atomic E-state index is 0.905. The third-order valence-corrected chi connectivity index (χ3v) is 4.55. The zero-order valence-corrected chi connectivity index (χ0v) is 13.0. The summed E-state index contributed by atoms with van der Waals surface area (Å²) in [5.74, 6) is 1.82. The molecule has 21 heavy (non-hydrogen) atoms. The highest BCUT2D eigenvalue weighted by molar-refractivity contribution is 7.98. The van der Waals surface area contributed by atoms with Gasteiger partial charge in [-0.1, -0.05) is 66.4 Å². The van der Waals surface area contributed by atoms with Gasteiger partial charge in [0, 0.05) is 18.4 Å². The van der Waals surface area contributed by atoms with E-state index in [1.165, 1.54) is 11.1 Å². The minimum Gasteiger partial charge on any atom is -0.305 e. The van der Waals surface area contributed by atoms with Crippen LogP contribution in [-0.4, -0.2) is 14.8 Å². The molecule has 3 nitrogen and oxygen atoms in total. The van der Waals surface area contributed by atoms with E-state index in [0.717, 1.165) is 22.3 Å². The lowest BCUT2D eigenvalue weighted by Crippen LogP contribution is -1.95. The molecule has 0 radical (unpaired) electrons. The molecule has 0 aliphatic carbocycles. The summed E-state index contributed by atoms with van der Waals surface area (Å²) in [6.07, 6.45) is 0. The van der Waals surface area contributed by atoms with Crippen molar-refractivity contribution >= 4 is 11.8 Å². The molecule has 3 rings (SSSR count). The Morgan fingerprint density at radius 2 is 1.67 bits per heavy atom. The highest BCUT2D eigenvalue weighted by atomic mass is 32.2. The van der Waals surface area contributed by atoms with Crippen LogP contribution >= 0.6 is 11.8 Å². The van der Waals surface area contributed by atoms with Gasteiger partial charge in [0.25, 0.3) is 0 Å². The summed E-state index contributed by atoms with van der Waals surface area (Å²) in [6.45, 7) is 2.14. The molecule has 1 heterocycles. The number of aromatic nitrogens is 3. The molecule has 0 aliphatic heterocycles. The molecular formula is C17H17N3S. The molecule has 106 valence electrons. The Balaban J connectivity index is 1.79. The second-order valence-electron chi connectivity index (χ2n) is 4.95. The van der Waals surface area contributed by atoms with Crippen LogP contribution in [-0.2, 0) is 12.8 Å². The molecule has 3 aromatic rings. The van der Waals surface area contributed by atoms with Crippen LogP contribution in [0.5, 0.6) is 0 Å². The average Bonchev–Trinajstić information content (AvgIpc) is 2.88. The van der Waals surface area contributed by atoms with Gasteiger partial charge < -0.3 is 4.57 Å². The molecule has 0 amide bonds. The zero-order valence-electron chi connectivity index (χ0n) is 12.2. The van der Waals surface area contributed by atoms with E-state index in [1.54, 1.807) is 11.8 Å². The van der Waals surface area contributed by atoms with Gasteiger partial charge in [-0.2, -0.15) is 0 Å². The van der Waals surface area contributed by atoms with Crippen molar-refractivity contribution in [3.63, 3.8) is 0 Å². The fourth-order valence-electron chi connectivity index (χ4n) is 2.19. The molecule has 0 spiro atoms. The van der Waals surface area contributed by atoms with Crippen LogP contribution in [0.25, 0.3) is 11.4 Å². The van der Waals surface area contributed by atoms with Crippen LogP contribution in [0.2, 0.25) is 0 Å². The zero-order chi connectivity index (χ0) is 14.7. The highest BCUT2D eigenvalue weighted by Gasteiger charge is 2.11. The van der Waals surface area contributed by atoms with E-state index in [2.05, 4.69) is 58.1 Å². The van der Waals surface area contributed by atoms with Gasteiger partial charge >= 0.3 is 0 Å². The van der Waals surface area contributed by atoms with Crippen molar-refractivity contribution in [3.8, 4) is 11.4 Å². The lowest BCUT2D eigenvalue weighted by Gasteiger charge is -2.06. The first-order chi connectivity index (χ1) is 10.3. The van der Waals surface area contributed by atoms with Crippen molar-refractivity contribution in [2.24, 2.45) is 7.05 Å². The van der Waals surface area contributed by atoms with E-state index < -0.39 is 0 Å². The molecule has 1 aromatic heterocycles. The molecule has 0 saturated carbocycles. The minimum absolute atomic E-state index is 0.905. The Morgan fingerprint density at radius 1 is 0.952 bits per heavy atom. The summed E-state index contributed by atoms with van der Waals surface area (Å²) in [5, 5.41) is 9.57. The standard InChI is InChI=1S/C17H17N3S/c1-13-8-6-7-11-15(13)12-21-17-19-18-16(20(17)2)14-9-4-3-5-10-14/h3-11H,12H2,1-2H3. The van der Waals surface area contributed by atoms with Crippen molar-refractivity contribution in [3.05, 3.63) is 65.7 Å². The fourth-order valence-corrected chi connectivity index (χ4v) is 3.18. The number of thioether (sulfide) groups is 1. The second kappa shape index (κ2) is 6.14. The normalized spacial score (nSPS) is 10.8. The van der Waals surface area contributed by atoms with Crippen molar-refractivity contribution < 1.29 is 0 Å². The van der Waals surface area contributed by atoms with Gasteiger partial charge in [0.2, 0.25) is 0 Å². The first kappa shape index (κ1) is 13.9. The molecule has 0 saturated heterocycles. The van der Waals surface area contributed by atoms with Crippen molar-refractivity contribution in [2.45, 2.75) is 17.8 Å². The molecule has 0 atom stereocenters. The monoisotopic (exact) mass is 295 g/mol. The summed E-state index contributed by atoms with van der Waals surface area (Å²) >= 11 is 1.72. The Labute approximate surface area is 129 Å². The fraction of sp³-hybridized carbons (Fsp3) is 0.176. The molecule has 0 unspecified atom stereocenters. The van der Waals surface area contributed by atoms with Crippen LogP contribution < -0.4 is 0 Å². The largest absolute Gasteiger partial charge is 0.305 e. The van der Waals surface area contributed by atoms with Gasteiger partial charge in [-0.15, -0.1) is 10.2 Å². The maximum atomic E-state index is 4.31. The predicted molar refractivity (Wildman–Crippen MR) is 87.2 cm³/mol. The van der Waals surface area contributed by atoms with Crippen LogP contribution in [0.15, 0.2) is 59.8 Å². The summed E-state index contributed by atoms with van der Waals surface area (Å²) in [4.78, 5) is 0. The average molecular weight is 295 g/mol. The summed E-state index contributed by atoms with van der Waals surface area (Å²) < 4.78 is 2.05. The first-order valence-electron chi connectivity index (χ1n) is 6.88. The van der Waals surface area contributed by atoms with Gasteiger partial charge in [0.1, 0.15) is 0 Å². The molecule has 0 aliphatic rings. The summed E-state index contributed by atoms with van der Waals surface area (Å²) in [5.41, 5.74) is 3.75. The Kier molecular flexibility index (Phi) is 4.06. The quantitative estimate of drug-likeness (QED) is 0.679. The highest BCUT2D eigenvalue weighted by Crippen LogP contribution is 2.25. The van der Waals surface area contributed by atoms with Crippen LogP contribution in [0.4, 0.5) is 0 Å². The number of aryl methyl sites for hydroxylation is 1. The van der Waals surface area contributed by atoms with Gasteiger partial charge in [0.15, 0.2) is 11.0 Å². The summed E-state index contributed by atoms with van der Waals surface area (Å²) in [7, 11) is 2.02. The van der Waals surface area contributed by atoms with Gasteiger partial charge in [0.05, 0.1) is 0 Å². The van der Waals surface area contributed by atoms with E-state index in [0.29, 0.717) is 0 Å². The van der Waals surface area contributed by atoms with E-state index in [9.17, 15) is 0 Å². The molecular weight excluding hydrogens is 278 g/mol. The van der Waals surface area contributed by atoms with Gasteiger partial charge in [-0.05, 0) is 18.1 Å². The van der Waals surface area contributed by atoms with E-state index in [1.807, 2.05) is 25.2 Å². The third-order valence-electron chi connectivity index (χ3n) is 3.48. The number of benzene rings is 2. The lowest BCUT2D eigenvalue weighted by molar-refractivity contribution is 0.793. The second-order valence-corrected chi connectivity index (χ2v) is 5.89.